The van der Waals surface area contributed by atoms with Crippen LogP contribution in [0.2, 0.25) is 5.02 Å². The van der Waals surface area contributed by atoms with Crippen molar-refractivity contribution in [1.82, 2.24) is 15.3 Å². The Labute approximate surface area is 157 Å². The van der Waals surface area contributed by atoms with E-state index in [1.165, 1.54) is 12.4 Å². The number of carbonyl (C=O) groups is 1. The quantitative estimate of drug-likeness (QED) is 0.685. The van der Waals surface area contributed by atoms with Crippen molar-refractivity contribution in [3.8, 4) is 0 Å². The molecular weight excluding hydrogens is 348 g/mol. The van der Waals surface area contributed by atoms with E-state index in [2.05, 4.69) is 20.6 Å². The fourth-order valence-corrected chi connectivity index (χ4v) is 2.55. The third kappa shape index (κ3) is 4.80. The summed E-state index contributed by atoms with van der Waals surface area (Å²) in [6.07, 6.45) is 3.04. The second-order valence-electron chi connectivity index (χ2n) is 5.88. The molecule has 0 fully saturated rings. The summed E-state index contributed by atoms with van der Waals surface area (Å²) >= 11 is 5.87. The zero-order valence-corrected chi connectivity index (χ0v) is 15.1. The van der Waals surface area contributed by atoms with Gasteiger partial charge in [0.2, 0.25) is 5.95 Å². The first-order valence-corrected chi connectivity index (χ1v) is 8.66. The highest BCUT2D eigenvalue weighted by atomic mass is 35.5. The van der Waals surface area contributed by atoms with Gasteiger partial charge in [0, 0.05) is 24.0 Å². The van der Waals surface area contributed by atoms with Crippen LogP contribution in [0.3, 0.4) is 0 Å². The summed E-state index contributed by atoms with van der Waals surface area (Å²) in [5.41, 5.74) is 2.53. The number of nitrogens with zero attached hydrogens (tertiary/aromatic N) is 2. The molecule has 0 saturated carbocycles. The Morgan fingerprint density at radius 2 is 1.69 bits per heavy atom. The number of hydrogen-bond acceptors (Lipinski definition) is 4. The lowest BCUT2D eigenvalue weighted by Crippen LogP contribution is -2.26. The molecule has 1 heterocycles. The second kappa shape index (κ2) is 8.45. The van der Waals surface area contributed by atoms with Crippen LogP contribution in [0.1, 0.15) is 34.5 Å². The van der Waals surface area contributed by atoms with E-state index >= 15 is 0 Å². The summed E-state index contributed by atoms with van der Waals surface area (Å²) in [7, 11) is 0. The normalized spacial score (nSPS) is 11.6. The maximum absolute atomic E-state index is 12.3. The van der Waals surface area contributed by atoms with Gasteiger partial charge in [-0.1, -0.05) is 54.1 Å². The predicted octanol–water partition coefficient (Wildman–Crippen LogP) is 4.23. The van der Waals surface area contributed by atoms with Crippen molar-refractivity contribution in [1.29, 1.82) is 0 Å². The van der Waals surface area contributed by atoms with Gasteiger partial charge in [-0.25, -0.2) is 9.97 Å². The maximum Gasteiger partial charge on any atom is 0.254 e. The van der Waals surface area contributed by atoms with Crippen molar-refractivity contribution in [2.45, 2.75) is 19.5 Å². The van der Waals surface area contributed by atoms with Gasteiger partial charge in [0.05, 0.1) is 11.6 Å². The Balaban J connectivity index is 1.56. The monoisotopic (exact) mass is 366 g/mol. The number of hydrogen-bond donors (Lipinski definition) is 2. The third-order valence-electron chi connectivity index (χ3n) is 3.93. The van der Waals surface area contributed by atoms with Crippen molar-refractivity contribution in [3.05, 3.63) is 88.7 Å². The lowest BCUT2D eigenvalue weighted by atomic mass is 10.1. The Bertz CT molecular complexity index is 851. The van der Waals surface area contributed by atoms with Crippen LogP contribution >= 0.6 is 11.6 Å². The van der Waals surface area contributed by atoms with E-state index in [1.54, 1.807) is 0 Å². The van der Waals surface area contributed by atoms with Crippen molar-refractivity contribution >= 4 is 23.5 Å². The molecule has 2 aromatic carbocycles. The lowest BCUT2D eigenvalue weighted by Gasteiger charge is -2.14. The fraction of sp³-hybridized carbons (Fsp3) is 0.150. The molecule has 0 aliphatic heterocycles. The van der Waals surface area contributed by atoms with Gasteiger partial charge in [0.25, 0.3) is 5.91 Å². The Hall–Kier alpha value is -2.92. The molecule has 1 amide bonds. The van der Waals surface area contributed by atoms with Gasteiger partial charge in [-0.15, -0.1) is 0 Å². The van der Waals surface area contributed by atoms with Crippen LogP contribution < -0.4 is 10.6 Å². The molecule has 26 heavy (non-hydrogen) atoms. The van der Waals surface area contributed by atoms with Crippen molar-refractivity contribution in [2.75, 3.05) is 5.32 Å². The molecule has 0 aliphatic carbocycles. The van der Waals surface area contributed by atoms with E-state index in [4.69, 9.17) is 11.6 Å². The SMILES string of the molecule is CC(NC(=O)c1cnc(NCc2ccc(Cl)cc2)nc1)c1ccccc1. The molecule has 0 aliphatic rings. The Kier molecular flexibility index (Phi) is 5.81. The van der Waals surface area contributed by atoms with Gasteiger partial charge in [-0.2, -0.15) is 0 Å². The van der Waals surface area contributed by atoms with Crippen LogP contribution in [-0.2, 0) is 6.54 Å². The number of carbonyl (C=O) groups excluding carboxylic acids is 1. The van der Waals surface area contributed by atoms with E-state index < -0.39 is 0 Å². The van der Waals surface area contributed by atoms with Crippen LogP contribution in [0.4, 0.5) is 5.95 Å². The summed E-state index contributed by atoms with van der Waals surface area (Å²) < 4.78 is 0. The number of anilines is 1. The minimum atomic E-state index is -0.203. The summed E-state index contributed by atoms with van der Waals surface area (Å²) in [4.78, 5) is 20.7. The van der Waals surface area contributed by atoms with E-state index in [0.717, 1.165) is 11.1 Å². The van der Waals surface area contributed by atoms with Crippen molar-refractivity contribution in [2.24, 2.45) is 0 Å². The number of aromatic nitrogens is 2. The van der Waals surface area contributed by atoms with Gasteiger partial charge in [0.1, 0.15) is 0 Å². The Morgan fingerprint density at radius 1 is 1.04 bits per heavy atom. The molecular formula is C20H19ClN4O. The maximum atomic E-state index is 12.3. The molecule has 0 radical (unpaired) electrons. The molecule has 2 N–H and O–H groups in total. The van der Waals surface area contributed by atoms with Gasteiger partial charge in [0.15, 0.2) is 0 Å². The summed E-state index contributed by atoms with van der Waals surface area (Å²) in [5.74, 6) is 0.262. The van der Waals surface area contributed by atoms with E-state index in [0.29, 0.717) is 23.1 Å². The van der Waals surface area contributed by atoms with E-state index in [1.807, 2.05) is 61.5 Å². The highest BCUT2D eigenvalue weighted by Crippen LogP contribution is 2.13. The minimum absolute atomic E-state index is 0.0913. The molecule has 1 aromatic heterocycles. The van der Waals surface area contributed by atoms with Gasteiger partial charge < -0.3 is 10.6 Å². The van der Waals surface area contributed by atoms with Gasteiger partial charge in [-0.05, 0) is 30.2 Å². The largest absolute Gasteiger partial charge is 0.350 e. The smallest absolute Gasteiger partial charge is 0.254 e. The topological polar surface area (TPSA) is 66.9 Å². The zero-order valence-electron chi connectivity index (χ0n) is 14.3. The lowest BCUT2D eigenvalue weighted by molar-refractivity contribution is 0.0939. The molecule has 1 atom stereocenters. The third-order valence-corrected chi connectivity index (χ3v) is 4.18. The molecule has 132 valence electrons. The first kappa shape index (κ1) is 17.9. The fourth-order valence-electron chi connectivity index (χ4n) is 2.42. The van der Waals surface area contributed by atoms with Crippen LogP contribution in [0.25, 0.3) is 0 Å². The zero-order chi connectivity index (χ0) is 18.4. The molecule has 6 heteroatoms. The molecule has 0 saturated heterocycles. The number of amides is 1. The molecule has 0 bridgehead atoms. The van der Waals surface area contributed by atoms with Gasteiger partial charge >= 0.3 is 0 Å². The highest BCUT2D eigenvalue weighted by Gasteiger charge is 2.12. The highest BCUT2D eigenvalue weighted by molar-refractivity contribution is 6.30. The number of rotatable bonds is 6. The summed E-state index contributed by atoms with van der Waals surface area (Å²) in [6.45, 7) is 2.52. The average Bonchev–Trinajstić information content (AvgIpc) is 2.68. The van der Waals surface area contributed by atoms with Gasteiger partial charge in [-0.3, -0.25) is 4.79 Å². The first-order valence-electron chi connectivity index (χ1n) is 8.28. The van der Waals surface area contributed by atoms with Crippen LogP contribution in [-0.4, -0.2) is 15.9 Å². The summed E-state index contributed by atoms with van der Waals surface area (Å²) in [6, 6.07) is 17.2. The molecule has 0 spiro atoms. The van der Waals surface area contributed by atoms with E-state index in [-0.39, 0.29) is 11.9 Å². The standard InChI is InChI=1S/C20H19ClN4O/c1-14(16-5-3-2-4-6-16)25-19(26)17-12-23-20(24-13-17)22-11-15-7-9-18(21)10-8-15/h2-10,12-14H,11H2,1H3,(H,25,26)(H,22,23,24). The van der Waals surface area contributed by atoms with E-state index in [9.17, 15) is 4.79 Å². The van der Waals surface area contributed by atoms with Crippen LogP contribution in [0.5, 0.6) is 0 Å². The minimum Gasteiger partial charge on any atom is -0.350 e. The first-order chi connectivity index (χ1) is 12.6. The molecule has 1 unspecified atom stereocenters. The molecule has 3 rings (SSSR count). The van der Waals surface area contributed by atoms with Crippen LogP contribution in [0.15, 0.2) is 67.0 Å². The Morgan fingerprint density at radius 3 is 2.35 bits per heavy atom. The summed E-state index contributed by atoms with van der Waals surface area (Å²) in [5, 5.41) is 6.76. The predicted molar refractivity (Wildman–Crippen MR) is 103 cm³/mol. The molecule has 5 nitrogen and oxygen atoms in total. The van der Waals surface area contributed by atoms with Crippen LogP contribution in [0, 0.1) is 0 Å². The number of halogens is 1. The number of benzene rings is 2. The average molecular weight is 367 g/mol. The number of nitrogens with one attached hydrogen (secondary N) is 2. The van der Waals surface area contributed by atoms with Crippen molar-refractivity contribution < 1.29 is 4.79 Å². The second-order valence-corrected chi connectivity index (χ2v) is 6.32. The molecule has 3 aromatic rings. The van der Waals surface area contributed by atoms with Crippen molar-refractivity contribution in [3.63, 3.8) is 0 Å².